The summed E-state index contributed by atoms with van der Waals surface area (Å²) in [7, 11) is 0. The number of hydrogen-bond donors (Lipinski definition) is 1. The summed E-state index contributed by atoms with van der Waals surface area (Å²) in [5.74, 6) is -6.81. The van der Waals surface area contributed by atoms with Crippen LogP contribution in [0.15, 0.2) is 29.5 Å². The summed E-state index contributed by atoms with van der Waals surface area (Å²) in [4.78, 5) is 6.39. The van der Waals surface area contributed by atoms with E-state index in [1.165, 1.54) is 13.1 Å². The number of aromatic nitrogens is 2. The first-order chi connectivity index (χ1) is 9.50. The summed E-state index contributed by atoms with van der Waals surface area (Å²) >= 11 is 0. The number of hydrogen-bond acceptors (Lipinski definition) is 4. The zero-order chi connectivity index (χ0) is 14.7. The standard InChI is InChI=1S/C12H8F4N4/c1-6(7-4-2-3-5-17-7)19-20-10-8(13)11(15)18-12(16)9(10)14/h2-5H,1H3,(H,18,20)/b19-6-. The van der Waals surface area contributed by atoms with Crippen molar-refractivity contribution >= 4 is 11.4 Å². The Hall–Kier alpha value is -2.51. The lowest BCUT2D eigenvalue weighted by Gasteiger charge is -2.06. The molecule has 0 saturated carbocycles. The van der Waals surface area contributed by atoms with Crippen molar-refractivity contribution in [3.63, 3.8) is 0 Å². The molecular weight excluding hydrogens is 276 g/mol. The van der Waals surface area contributed by atoms with E-state index < -0.39 is 29.2 Å². The van der Waals surface area contributed by atoms with Gasteiger partial charge in [0.1, 0.15) is 5.69 Å². The van der Waals surface area contributed by atoms with E-state index in [9.17, 15) is 17.6 Å². The molecule has 0 amide bonds. The molecule has 0 radical (unpaired) electrons. The van der Waals surface area contributed by atoms with E-state index in [4.69, 9.17) is 0 Å². The molecule has 2 aromatic rings. The minimum absolute atomic E-state index is 0.280. The summed E-state index contributed by atoms with van der Waals surface area (Å²) in [6.45, 7) is 1.51. The molecule has 0 aliphatic rings. The van der Waals surface area contributed by atoms with Crippen molar-refractivity contribution in [3.05, 3.63) is 53.6 Å². The van der Waals surface area contributed by atoms with Crippen molar-refractivity contribution in [2.24, 2.45) is 5.10 Å². The molecule has 2 heterocycles. The Bertz CT molecular complexity index is 632. The Morgan fingerprint density at radius 1 is 1.10 bits per heavy atom. The number of hydrazone groups is 1. The minimum atomic E-state index is -1.75. The first kappa shape index (κ1) is 13.9. The molecule has 8 heteroatoms. The molecule has 0 spiro atoms. The third-order valence-electron chi connectivity index (χ3n) is 2.37. The highest BCUT2D eigenvalue weighted by atomic mass is 19.2. The largest absolute Gasteiger partial charge is 0.272 e. The summed E-state index contributed by atoms with van der Waals surface area (Å²) in [6, 6.07) is 4.98. The highest BCUT2D eigenvalue weighted by molar-refractivity contribution is 5.97. The van der Waals surface area contributed by atoms with Crippen LogP contribution in [0.5, 0.6) is 0 Å². The summed E-state index contributed by atoms with van der Waals surface area (Å²) in [6.07, 6.45) is 1.50. The number of rotatable bonds is 3. The summed E-state index contributed by atoms with van der Waals surface area (Å²) in [5, 5.41) is 3.63. The Morgan fingerprint density at radius 2 is 1.75 bits per heavy atom. The van der Waals surface area contributed by atoms with Gasteiger partial charge in [-0.25, -0.2) is 0 Å². The van der Waals surface area contributed by atoms with Crippen LogP contribution in [0.3, 0.4) is 0 Å². The Balaban J connectivity index is 2.32. The maximum absolute atomic E-state index is 13.3. The molecule has 2 aromatic heterocycles. The number of pyridine rings is 2. The highest BCUT2D eigenvalue weighted by Gasteiger charge is 2.20. The smallest absolute Gasteiger partial charge is 0.254 e. The third kappa shape index (κ3) is 2.73. The Kier molecular flexibility index (Phi) is 3.92. The molecule has 0 aliphatic heterocycles. The molecule has 104 valence electrons. The lowest BCUT2D eigenvalue weighted by Crippen LogP contribution is -2.08. The van der Waals surface area contributed by atoms with E-state index in [-0.39, 0.29) is 5.71 Å². The van der Waals surface area contributed by atoms with Crippen molar-refractivity contribution in [2.75, 3.05) is 5.43 Å². The fraction of sp³-hybridized carbons (Fsp3) is 0.0833. The van der Waals surface area contributed by atoms with Crippen molar-refractivity contribution < 1.29 is 17.6 Å². The average molecular weight is 284 g/mol. The van der Waals surface area contributed by atoms with Crippen molar-refractivity contribution in [3.8, 4) is 0 Å². The van der Waals surface area contributed by atoms with Gasteiger partial charge in [0.15, 0.2) is 0 Å². The van der Waals surface area contributed by atoms with Gasteiger partial charge in [0.25, 0.3) is 11.9 Å². The molecule has 0 saturated heterocycles. The topological polar surface area (TPSA) is 50.2 Å². The fourth-order valence-electron chi connectivity index (χ4n) is 1.36. The van der Waals surface area contributed by atoms with E-state index in [2.05, 4.69) is 15.1 Å². The molecule has 0 aromatic carbocycles. The lowest BCUT2D eigenvalue weighted by atomic mass is 10.3. The molecule has 20 heavy (non-hydrogen) atoms. The van der Waals surface area contributed by atoms with Gasteiger partial charge in [-0.05, 0) is 19.1 Å². The number of anilines is 1. The molecule has 0 aliphatic carbocycles. The van der Waals surface area contributed by atoms with Gasteiger partial charge in [-0.2, -0.15) is 27.6 Å². The third-order valence-corrected chi connectivity index (χ3v) is 2.37. The van der Waals surface area contributed by atoms with Gasteiger partial charge in [0.2, 0.25) is 11.6 Å². The van der Waals surface area contributed by atoms with Crippen LogP contribution in [0.1, 0.15) is 12.6 Å². The Labute approximate surface area is 111 Å². The zero-order valence-corrected chi connectivity index (χ0v) is 10.2. The van der Waals surface area contributed by atoms with Gasteiger partial charge in [-0.15, -0.1) is 0 Å². The number of nitrogens with one attached hydrogen (secondary N) is 1. The average Bonchev–Trinajstić information content (AvgIpc) is 2.46. The number of nitrogens with zero attached hydrogens (tertiary/aromatic N) is 3. The highest BCUT2D eigenvalue weighted by Crippen LogP contribution is 2.22. The maximum atomic E-state index is 13.3. The second-order valence-corrected chi connectivity index (χ2v) is 3.72. The first-order valence-electron chi connectivity index (χ1n) is 5.42. The number of halogens is 4. The second-order valence-electron chi connectivity index (χ2n) is 3.72. The first-order valence-corrected chi connectivity index (χ1v) is 5.42. The van der Waals surface area contributed by atoms with Crippen LogP contribution in [-0.4, -0.2) is 15.7 Å². The molecule has 1 N–H and O–H groups in total. The van der Waals surface area contributed by atoms with Crippen LogP contribution in [0.4, 0.5) is 23.2 Å². The van der Waals surface area contributed by atoms with E-state index in [0.717, 1.165) is 0 Å². The molecule has 2 rings (SSSR count). The van der Waals surface area contributed by atoms with E-state index in [0.29, 0.717) is 5.69 Å². The SMILES string of the molecule is C/C(=N/Nc1c(F)c(F)nc(F)c1F)c1ccccn1. The predicted octanol–water partition coefficient (Wildman–Crippen LogP) is 2.87. The van der Waals surface area contributed by atoms with Gasteiger partial charge in [0, 0.05) is 6.20 Å². The molecule has 0 fully saturated rings. The zero-order valence-electron chi connectivity index (χ0n) is 10.2. The van der Waals surface area contributed by atoms with Gasteiger partial charge < -0.3 is 0 Å². The van der Waals surface area contributed by atoms with Crippen LogP contribution in [0, 0.1) is 23.5 Å². The summed E-state index contributed by atoms with van der Waals surface area (Å²) < 4.78 is 52.4. The molecule has 0 atom stereocenters. The molecular formula is C12H8F4N4. The van der Waals surface area contributed by atoms with Gasteiger partial charge in [-0.1, -0.05) is 6.07 Å². The van der Waals surface area contributed by atoms with Crippen molar-refractivity contribution in [2.45, 2.75) is 6.92 Å². The van der Waals surface area contributed by atoms with Crippen molar-refractivity contribution in [1.82, 2.24) is 9.97 Å². The normalized spacial score (nSPS) is 11.6. The summed E-state index contributed by atoms with van der Waals surface area (Å²) in [5.41, 5.74) is 1.61. The fourth-order valence-corrected chi connectivity index (χ4v) is 1.36. The molecule has 0 unspecified atom stereocenters. The van der Waals surface area contributed by atoms with Gasteiger partial charge in [-0.3, -0.25) is 10.4 Å². The van der Waals surface area contributed by atoms with E-state index >= 15 is 0 Å². The van der Waals surface area contributed by atoms with E-state index in [1.807, 2.05) is 5.43 Å². The monoisotopic (exact) mass is 284 g/mol. The maximum Gasteiger partial charge on any atom is 0.254 e. The van der Waals surface area contributed by atoms with Crippen LogP contribution in [-0.2, 0) is 0 Å². The van der Waals surface area contributed by atoms with Crippen molar-refractivity contribution in [1.29, 1.82) is 0 Å². The van der Waals surface area contributed by atoms with Crippen LogP contribution in [0.25, 0.3) is 0 Å². The lowest BCUT2D eigenvalue weighted by molar-refractivity contribution is 0.411. The van der Waals surface area contributed by atoms with Crippen LogP contribution in [0.2, 0.25) is 0 Å². The minimum Gasteiger partial charge on any atom is -0.272 e. The van der Waals surface area contributed by atoms with E-state index in [1.54, 1.807) is 18.2 Å². The quantitative estimate of drug-likeness (QED) is 0.408. The van der Waals surface area contributed by atoms with Gasteiger partial charge >= 0.3 is 0 Å². The predicted molar refractivity (Wildman–Crippen MR) is 64.1 cm³/mol. The Morgan fingerprint density at radius 3 is 2.30 bits per heavy atom. The van der Waals surface area contributed by atoms with Crippen LogP contribution < -0.4 is 5.43 Å². The molecule has 4 nitrogen and oxygen atoms in total. The van der Waals surface area contributed by atoms with Gasteiger partial charge in [0.05, 0.1) is 11.4 Å². The molecule has 0 bridgehead atoms. The van der Waals surface area contributed by atoms with Crippen LogP contribution >= 0.6 is 0 Å². The second kappa shape index (κ2) is 5.64.